The van der Waals surface area contributed by atoms with Crippen LogP contribution in [0.5, 0.6) is 0 Å². The van der Waals surface area contributed by atoms with Crippen molar-refractivity contribution >= 4 is 73.1 Å². The molecular formula is C48H79N3O18S3. The summed E-state index contributed by atoms with van der Waals surface area (Å²) < 4.78 is 91.2. The van der Waals surface area contributed by atoms with Gasteiger partial charge in [0.2, 0.25) is 0 Å². The molecular weight excluding hydrogens is 1000 g/mol. The highest BCUT2D eigenvalue weighted by atomic mass is 32.3. The molecule has 0 saturated heterocycles. The lowest BCUT2D eigenvalue weighted by Crippen LogP contribution is -2.43. The van der Waals surface area contributed by atoms with Crippen molar-refractivity contribution in [2.75, 3.05) is 33.4 Å². The largest absolute Gasteiger partial charge is 0.451 e. The predicted molar refractivity (Wildman–Crippen MR) is 264 cm³/mol. The third-order valence-corrected chi connectivity index (χ3v) is 16.9. The standard InChI is InChI=1S/C48H79N3O18S3/c1-10-12-13-14-15-16-17-18-19-20-21-22-23-24-25-27-40(52)64-33(4)43(54)66-35(6)45(56)68-37(8)47(58)69-36(7)46(57)67-34(5)44(55)65-32(3)42(53)50-71(59,60)41-30-38-39(49-11-2)31-51(28-26-29-63-9)72(61,62)48(38)70-41/h30,32-37,39,49H,10-29,31H2,1-9H3,(H,50,53)/t32-,33-,34-,35-,36-,37-,39-/m0/s1. The minimum absolute atomic E-state index is 0.0440. The van der Waals surface area contributed by atoms with Gasteiger partial charge in [-0.2, -0.15) is 4.31 Å². The van der Waals surface area contributed by atoms with Gasteiger partial charge in [-0.05, 0) is 67.0 Å². The number of rotatable bonds is 36. The Morgan fingerprint density at radius 2 is 1.03 bits per heavy atom. The smallest absolute Gasteiger partial charge is 0.347 e. The molecule has 1 aromatic heterocycles. The fourth-order valence-electron chi connectivity index (χ4n) is 7.28. The van der Waals surface area contributed by atoms with Crippen LogP contribution in [0.3, 0.4) is 0 Å². The Labute approximate surface area is 429 Å². The summed E-state index contributed by atoms with van der Waals surface area (Å²) in [4.78, 5) is 88.6. The van der Waals surface area contributed by atoms with Gasteiger partial charge in [0.05, 0.1) is 0 Å². The van der Waals surface area contributed by atoms with Gasteiger partial charge in [0.15, 0.2) is 36.6 Å². The van der Waals surface area contributed by atoms with Crippen molar-refractivity contribution in [2.24, 2.45) is 0 Å². The third kappa shape index (κ3) is 22.1. The first-order valence-corrected chi connectivity index (χ1v) is 28.9. The van der Waals surface area contributed by atoms with Crippen molar-refractivity contribution < 1.29 is 83.6 Å². The number of thiophene rings is 1. The SMILES string of the molecule is CCCCCCCCCCCCCCCCCC(=O)O[C@@H](C)C(=O)O[C@@H](C)C(=O)O[C@@H](C)C(=O)O[C@@H](C)C(=O)O[C@@H](C)C(=O)O[C@@H](C)C(=O)NS(=O)(=O)c1cc2c(s1)S(=O)(=O)N(CCCOC)C[C@@H]2NCC. The molecule has 2 heterocycles. The van der Waals surface area contributed by atoms with Crippen LogP contribution in [-0.2, 0) is 86.8 Å². The van der Waals surface area contributed by atoms with Crippen LogP contribution in [0.25, 0.3) is 0 Å². The van der Waals surface area contributed by atoms with Gasteiger partial charge in [-0.25, -0.2) is 45.5 Å². The van der Waals surface area contributed by atoms with Gasteiger partial charge in [0, 0.05) is 44.8 Å². The molecule has 1 aliphatic heterocycles. The van der Waals surface area contributed by atoms with Gasteiger partial charge < -0.3 is 38.5 Å². The topological polar surface area (TPSA) is 280 Å². The Balaban J connectivity index is 1.74. The molecule has 2 rings (SSSR count). The molecule has 1 aliphatic rings. The highest BCUT2D eigenvalue weighted by Crippen LogP contribution is 2.40. The highest BCUT2D eigenvalue weighted by molar-refractivity contribution is 7.94. The first kappa shape index (κ1) is 63.9. The summed E-state index contributed by atoms with van der Waals surface area (Å²) >= 11 is 0.463. The van der Waals surface area contributed by atoms with E-state index in [1.807, 2.05) is 6.92 Å². The van der Waals surface area contributed by atoms with E-state index in [1.54, 1.807) is 4.72 Å². The van der Waals surface area contributed by atoms with Crippen molar-refractivity contribution in [3.05, 3.63) is 11.6 Å². The molecule has 0 radical (unpaired) electrons. The quantitative estimate of drug-likeness (QED) is 0.0436. The van der Waals surface area contributed by atoms with Crippen molar-refractivity contribution in [1.82, 2.24) is 14.3 Å². The van der Waals surface area contributed by atoms with E-state index < -0.39 is 109 Å². The van der Waals surface area contributed by atoms with E-state index >= 15 is 0 Å². The number of hydrogen-bond acceptors (Lipinski definition) is 20. The number of nitrogens with zero attached hydrogens (tertiary/aromatic N) is 1. The van der Waals surface area contributed by atoms with E-state index in [0.29, 0.717) is 37.3 Å². The Bertz CT molecular complexity index is 2130. The Morgan fingerprint density at radius 1 is 0.625 bits per heavy atom. The number of unbranched alkanes of at least 4 members (excludes halogenated alkanes) is 14. The molecule has 0 spiro atoms. The van der Waals surface area contributed by atoms with Crippen LogP contribution in [0.2, 0.25) is 0 Å². The summed E-state index contributed by atoms with van der Waals surface area (Å²) in [6.07, 6.45) is 8.70. The first-order valence-electron chi connectivity index (χ1n) is 25.1. The summed E-state index contributed by atoms with van der Waals surface area (Å²) in [5, 5.41) is 3.15. The lowest BCUT2D eigenvalue weighted by Gasteiger charge is -2.32. The monoisotopic (exact) mass is 1080 g/mol. The number of fused-ring (bicyclic) bond motifs is 1. The summed E-state index contributed by atoms with van der Waals surface area (Å²) in [5.74, 6) is -7.79. The average molecular weight is 1080 g/mol. The summed E-state index contributed by atoms with van der Waals surface area (Å²) in [6.45, 7) is 11.8. The number of hydrogen-bond donors (Lipinski definition) is 2. The molecule has 412 valence electrons. The van der Waals surface area contributed by atoms with Crippen LogP contribution in [-0.4, -0.2) is 133 Å². The zero-order valence-electron chi connectivity index (χ0n) is 43.5. The zero-order chi connectivity index (χ0) is 54.0. The molecule has 0 aliphatic carbocycles. The van der Waals surface area contributed by atoms with Crippen molar-refractivity contribution in [1.29, 1.82) is 0 Å². The third-order valence-electron chi connectivity index (χ3n) is 11.5. The van der Waals surface area contributed by atoms with E-state index in [1.165, 1.54) is 102 Å². The van der Waals surface area contributed by atoms with Crippen molar-refractivity contribution in [3.8, 4) is 0 Å². The normalized spacial score (nSPS) is 16.9. The van der Waals surface area contributed by atoms with Crippen molar-refractivity contribution in [2.45, 2.75) is 216 Å². The number of ether oxygens (including phenoxy) is 7. The second-order valence-electron chi connectivity index (χ2n) is 17.8. The highest BCUT2D eigenvalue weighted by Gasteiger charge is 2.41. The van der Waals surface area contributed by atoms with Gasteiger partial charge >= 0.3 is 35.8 Å². The van der Waals surface area contributed by atoms with Crippen LogP contribution in [0, 0.1) is 0 Å². The molecule has 1 aromatic rings. The van der Waals surface area contributed by atoms with Crippen molar-refractivity contribution in [3.63, 3.8) is 0 Å². The van der Waals surface area contributed by atoms with Crippen LogP contribution in [0.4, 0.5) is 0 Å². The molecule has 7 atom stereocenters. The average Bonchev–Trinajstić information content (AvgIpc) is 3.80. The van der Waals surface area contributed by atoms with E-state index in [9.17, 15) is 50.4 Å². The predicted octanol–water partition coefficient (Wildman–Crippen LogP) is 6.10. The summed E-state index contributed by atoms with van der Waals surface area (Å²) in [6, 6.07) is 0.635. The van der Waals surface area contributed by atoms with Gasteiger partial charge in [0.25, 0.3) is 26.0 Å². The van der Waals surface area contributed by atoms with Gasteiger partial charge in [-0.15, -0.1) is 11.3 Å². The molecule has 0 bridgehead atoms. The number of carbonyl (C=O) groups excluding carboxylic acids is 7. The minimum Gasteiger partial charge on any atom is -0.451 e. The number of sulfonamides is 2. The first-order chi connectivity index (χ1) is 34.0. The number of methoxy groups -OCH3 is 1. The molecule has 72 heavy (non-hydrogen) atoms. The van der Waals surface area contributed by atoms with Gasteiger partial charge in [-0.3, -0.25) is 9.59 Å². The van der Waals surface area contributed by atoms with Crippen LogP contribution in [0.1, 0.15) is 176 Å². The van der Waals surface area contributed by atoms with E-state index in [2.05, 4.69) is 12.2 Å². The Hall–Kier alpha value is -4.23. The number of likely N-dealkylation sites (N-methyl/N-ethyl adjacent to an activating group) is 1. The number of nitrogens with one attached hydrogen (secondary N) is 2. The molecule has 24 heteroatoms. The zero-order valence-corrected chi connectivity index (χ0v) is 45.9. The maximum atomic E-state index is 13.4. The van der Waals surface area contributed by atoms with Gasteiger partial charge in [0.1, 0.15) is 8.42 Å². The molecule has 2 N–H and O–H groups in total. The fraction of sp³-hybridized carbons (Fsp3) is 0.771. The summed E-state index contributed by atoms with van der Waals surface area (Å²) in [5.41, 5.74) is 0.225. The Kier molecular flexibility index (Phi) is 29.1. The summed E-state index contributed by atoms with van der Waals surface area (Å²) in [7, 11) is -7.27. The number of carbonyl (C=O) groups is 7. The number of amides is 1. The molecule has 0 aromatic carbocycles. The number of esters is 6. The molecule has 21 nitrogen and oxygen atoms in total. The van der Waals surface area contributed by atoms with E-state index in [-0.39, 0.29) is 29.3 Å². The minimum atomic E-state index is -4.67. The molecule has 0 saturated carbocycles. The van der Waals surface area contributed by atoms with E-state index in [4.69, 9.17) is 33.2 Å². The van der Waals surface area contributed by atoms with Crippen LogP contribution >= 0.6 is 11.3 Å². The molecule has 0 fully saturated rings. The second kappa shape index (κ2) is 32.8. The van der Waals surface area contributed by atoms with Gasteiger partial charge in [-0.1, -0.05) is 104 Å². The molecule has 1 amide bonds. The second-order valence-corrected chi connectivity index (χ2v) is 22.9. The lowest BCUT2D eigenvalue weighted by molar-refractivity contribution is -0.187. The maximum Gasteiger partial charge on any atom is 0.347 e. The maximum absolute atomic E-state index is 13.4. The van der Waals surface area contributed by atoms with Crippen LogP contribution in [0.15, 0.2) is 14.5 Å². The Morgan fingerprint density at radius 3 is 1.44 bits per heavy atom. The molecule has 0 unspecified atom stereocenters. The van der Waals surface area contributed by atoms with E-state index in [0.717, 1.165) is 47.0 Å². The lowest BCUT2D eigenvalue weighted by atomic mass is 10.0. The van der Waals surface area contributed by atoms with Crippen LogP contribution < -0.4 is 10.0 Å². The fourth-order valence-corrected chi connectivity index (χ4v) is 12.2.